The number of nitrogens with one attached hydrogen (secondary N) is 4. The van der Waals surface area contributed by atoms with Crippen molar-refractivity contribution in [2.45, 2.75) is 0 Å². The summed E-state index contributed by atoms with van der Waals surface area (Å²) in [4.78, 5) is 28.8. The van der Waals surface area contributed by atoms with Crippen molar-refractivity contribution < 1.29 is 4.79 Å². The van der Waals surface area contributed by atoms with Gasteiger partial charge in [0.2, 0.25) is 0 Å². The summed E-state index contributed by atoms with van der Waals surface area (Å²) in [6, 6.07) is 16.2. The number of nitrogens with zero attached hydrogens (tertiary/aromatic N) is 2. The van der Waals surface area contributed by atoms with Crippen LogP contribution in [0.15, 0.2) is 65.7 Å². The van der Waals surface area contributed by atoms with Crippen molar-refractivity contribution >= 4 is 11.6 Å². The lowest BCUT2D eigenvalue weighted by atomic mass is 10.1. The van der Waals surface area contributed by atoms with Crippen molar-refractivity contribution in [2.75, 3.05) is 5.32 Å². The molecular formula is C18H14N6O2. The van der Waals surface area contributed by atoms with E-state index >= 15 is 0 Å². The van der Waals surface area contributed by atoms with E-state index < -0.39 is 11.5 Å². The molecule has 0 saturated carbocycles. The van der Waals surface area contributed by atoms with Crippen LogP contribution < -0.4 is 10.9 Å². The molecule has 0 spiro atoms. The maximum Gasteiger partial charge on any atom is 0.288 e. The van der Waals surface area contributed by atoms with Gasteiger partial charge in [-0.05, 0) is 12.1 Å². The van der Waals surface area contributed by atoms with Gasteiger partial charge in [-0.3, -0.25) is 24.9 Å². The summed E-state index contributed by atoms with van der Waals surface area (Å²) in [5.41, 5.74) is 2.21. The predicted molar refractivity (Wildman–Crippen MR) is 96.6 cm³/mol. The third kappa shape index (κ3) is 2.91. The molecule has 1 amide bonds. The van der Waals surface area contributed by atoms with Crippen molar-refractivity contribution in [1.29, 1.82) is 0 Å². The summed E-state index contributed by atoms with van der Waals surface area (Å²) < 4.78 is 0. The standard InChI is InChI=1S/C18H14N6O2/c25-17(13-8-4-7-12(9-13)16-19-10-20-23-16)21-15-14(22-24-18(15)26)11-5-2-1-3-6-11/h1-10H,(H,21,25)(H,19,20,23)(H2,22,24,26). The molecule has 4 rings (SSSR count). The molecule has 0 atom stereocenters. The van der Waals surface area contributed by atoms with Gasteiger partial charge in [-0.2, -0.15) is 5.10 Å². The van der Waals surface area contributed by atoms with Crippen LogP contribution in [0.2, 0.25) is 0 Å². The van der Waals surface area contributed by atoms with Gasteiger partial charge < -0.3 is 5.32 Å². The number of H-pyrrole nitrogens is 3. The van der Waals surface area contributed by atoms with Gasteiger partial charge in [0.25, 0.3) is 11.5 Å². The fourth-order valence-electron chi connectivity index (χ4n) is 2.64. The Morgan fingerprint density at radius 1 is 0.962 bits per heavy atom. The van der Waals surface area contributed by atoms with Crippen molar-refractivity contribution in [3.63, 3.8) is 0 Å². The number of amides is 1. The fraction of sp³-hybridized carbons (Fsp3) is 0. The number of rotatable bonds is 4. The number of hydrogen-bond acceptors (Lipinski definition) is 4. The molecule has 0 bridgehead atoms. The van der Waals surface area contributed by atoms with Gasteiger partial charge in [-0.15, -0.1) is 0 Å². The molecule has 128 valence electrons. The number of anilines is 1. The molecule has 0 aliphatic rings. The van der Waals surface area contributed by atoms with Crippen LogP contribution in [-0.4, -0.2) is 31.3 Å². The van der Waals surface area contributed by atoms with E-state index in [1.165, 1.54) is 6.33 Å². The SMILES string of the molecule is O=C(Nc1c(-c2ccccc2)[nH][nH]c1=O)c1cccc(-c2ncn[nH]2)c1. The van der Waals surface area contributed by atoms with Crippen LogP contribution in [-0.2, 0) is 0 Å². The highest BCUT2D eigenvalue weighted by Crippen LogP contribution is 2.23. The van der Waals surface area contributed by atoms with Gasteiger partial charge in [0.1, 0.15) is 12.0 Å². The van der Waals surface area contributed by atoms with Crippen LogP contribution in [0.5, 0.6) is 0 Å². The second kappa shape index (κ2) is 6.52. The molecule has 4 N–H and O–H groups in total. The lowest BCUT2D eigenvalue weighted by Crippen LogP contribution is -2.17. The molecule has 0 unspecified atom stereocenters. The van der Waals surface area contributed by atoms with Gasteiger partial charge >= 0.3 is 0 Å². The van der Waals surface area contributed by atoms with Gasteiger partial charge in [0, 0.05) is 16.7 Å². The number of carbonyl (C=O) groups is 1. The largest absolute Gasteiger partial charge is 0.316 e. The van der Waals surface area contributed by atoms with Crippen molar-refractivity contribution in [3.8, 4) is 22.6 Å². The second-order valence-corrected chi connectivity index (χ2v) is 5.56. The first-order valence-corrected chi connectivity index (χ1v) is 7.85. The lowest BCUT2D eigenvalue weighted by Gasteiger charge is -2.06. The molecule has 8 nitrogen and oxygen atoms in total. The average Bonchev–Trinajstić information content (AvgIpc) is 3.34. The van der Waals surface area contributed by atoms with E-state index in [1.807, 2.05) is 36.4 Å². The molecule has 2 aromatic carbocycles. The van der Waals surface area contributed by atoms with E-state index in [0.29, 0.717) is 17.1 Å². The summed E-state index contributed by atoms with van der Waals surface area (Å²) in [7, 11) is 0. The molecule has 0 aliphatic carbocycles. The molecular weight excluding hydrogens is 332 g/mol. The maximum absolute atomic E-state index is 12.6. The Bertz CT molecular complexity index is 1100. The van der Waals surface area contributed by atoms with Crippen LogP contribution in [0.3, 0.4) is 0 Å². The summed E-state index contributed by atoms with van der Waals surface area (Å²) in [6.45, 7) is 0. The Kier molecular flexibility index (Phi) is 3.91. The summed E-state index contributed by atoms with van der Waals surface area (Å²) in [5.74, 6) is 0.165. The van der Waals surface area contributed by atoms with Gasteiger partial charge in [-0.25, -0.2) is 4.98 Å². The van der Waals surface area contributed by atoms with Crippen LogP contribution in [0.25, 0.3) is 22.6 Å². The third-order valence-corrected chi connectivity index (χ3v) is 3.89. The molecule has 0 aliphatic heterocycles. The Morgan fingerprint density at radius 2 is 1.77 bits per heavy atom. The Hall–Kier alpha value is -3.94. The zero-order valence-corrected chi connectivity index (χ0v) is 13.5. The molecule has 2 aromatic heterocycles. The molecule has 0 saturated heterocycles. The van der Waals surface area contributed by atoms with Crippen LogP contribution >= 0.6 is 0 Å². The minimum atomic E-state index is -0.399. The monoisotopic (exact) mass is 346 g/mol. The quantitative estimate of drug-likeness (QED) is 0.453. The van der Waals surface area contributed by atoms with E-state index in [-0.39, 0.29) is 5.69 Å². The summed E-state index contributed by atoms with van der Waals surface area (Å²) >= 11 is 0. The number of aromatic amines is 3. The highest BCUT2D eigenvalue weighted by molar-refractivity contribution is 6.06. The van der Waals surface area contributed by atoms with E-state index in [4.69, 9.17) is 0 Å². The number of hydrogen-bond donors (Lipinski definition) is 4. The maximum atomic E-state index is 12.6. The first kappa shape index (κ1) is 15.6. The summed E-state index contributed by atoms with van der Waals surface area (Å²) in [6.07, 6.45) is 1.40. The first-order chi connectivity index (χ1) is 12.7. The third-order valence-electron chi connectivity index (χ3n) is 3.89. The van der Waals surface area contributed by atoms with E-state index in [1.54, 1.807) is 18.2 Å². The molecule has 4 aromatic rings. The van der Waals surface area contributed by atoms with Crippen LogP contribution in [0, 0.1) is 0 Å². The lowest BCUT2D eigenvalue weighted by molar-refractivity contribution is 0.102. The highest BCUT2D eigenvalue weighted by Gasteiger charge is 2.16. The predicted octanol–water partition coefficient (Wildman–Crippen LogP) is 2.41. The van der Waals surface area contributed by atoms with Crippen LogP contribution in [0.1, 0.15) is 10.4 Å². The number of carbonyl (C=O) groups excluding carboxylic acids is 1. The first-order valence-electron chi connectivity index (χ1n) is 7.85. The molecule has 8 heteroatoms. The molecule has 0 fully saturated rings. The van der Waals surface area contributed by atoms with Gasteiger partial charge in [-0.1, -0.05) is 42.5 Å². The minimum absolute atomic E-state index is 0.172. The second-order valence-electron chi connectivity index (χ2n) is 5.56. The zero-order valence-electron chi connectivity index (χ0n) is 13.5. The van der Waals surface area contributed by atoms with E-state index in [2.05, 4.69) is 30.7 Å². The van der Waals surface area contributed by atoms with Gasteiger partial charge in [0.05, 0.1) is 5.69 Å². The van der Waals surface area contributed by atoms with Crippen molar-refractivity contribution in [3.05, 3.63) is 76.8 Å². The van der Waals surface area contributed by atoms with Crippen LogP contribution in [0.4, 0.5) is 5.69 Å². The normalized spacial score (nSPS) is 10.6. The Labute approximate surface area is 147 Å². The van der Waals surface area contributed by atoms with E-state index in [0.717, 1.165) is 11.1 Å². The molecule has 26 heavy (non-hydrogen) atoms. The molecule has 0 radical (unpaired) electrons. The highest BCUT2D eigenvalue weighted by atomic mass is 16.2. The smallest absolute Gasteiger partial charge is 0.288 e. The van der Waals surface area contributed by atoms with Gasteiger partial charge in [0.15, 0.2) is 5.82 Å². The topological polar surface area (TPSA) is 119 Å². The Morgan fingerprint density at radius 3 is 2.54 bits per heavy atom. The number of aromatic nitrogens is 5. The molecule has 2 heterocycles. The minimum Gasteiger partial charge on any atom is -0.316 e. The fourth-order valence-corrected chi connectivity index (χ4v) is 2.64. The van der Waals surface area contributed by atoms with E-state index in [9.17, 15) is 9.59 Å². The number of benzene rings is 2. The zero-order chi connectivity index (χ0) is 17.9. The van der Waals surface area contributed by atoms with Crippen molar-refractivity contribution in [1.82, 2.24) is 25.4 Å². The summed E-state index contributed by atoms with van der Waals surface area (Å²) in [5, 5.41) is 14.6. The Balaban J connectivity index is 1.65. The van der Waals surface area contributed by atoms with Crippen molar-refractivity contribution in [2.24, 2.45) is 0 Å². The average molecular weight is 346 g/mol.